The first-order valence-electron chi connectivity index (χ1n) is 5.14. The molecule has 1 heterocycles. The molecule has 1 aromatic carbocycles. The summed E-state index contributed by atoms with van der Waals surface area (Å²) in [7, 11) is 1.34. The number of methoxy groups -OCH3 is 1. The first-order chi connectivity index (χ1) is 8.54. The minimum atomic E-state index is -0.435. The maximum Gasteiger partial charge on any atom is 0.359 e. The van der Waals surface area contributed by atoms with E-state index >= 15 is 0 Å². The van der Waals surface area contributed by atoms with Gasteiger partial charge in [-0.25, -0.2) is 9.48 Å². The summed E-state index contributed by atoms with van der Waals surface area (Å²) in [5.41, 5.74) is 2.06. The van der Waals surface area contributed by atoms with Crippen LogP contribution >= 0.6 is 34.2 Å². The number of benzene rings is 1. The molecule has 6 heteroatoms. The van der Waals surface area contributed by atoms with Crippen molar-refractivity contribution in [2.24, 2.45) is 0 Å². The molecule has 1 aromatic heterocycles. The van der Waals surface area contributed by atoms with Crippen LogP contribution in [0.3, 0.4) is 0 Å². The van der Waals surface area contributed by atoms with Gasteiger partial charge in [-0.2, -0.15) is 5.10 Å². The van der Waals surface area contributed by atoms with Gasteiger partial charge in [-0.15, -0.1) is 0 Å². The summed E-state index contributed by atoms with van der Waals surface area (Å²) >= 11 is 7.93. The minimum Gasteiger partial charge on any atom is -0.464 e. The van der Waals surface area contributed by atoms with Crippen LogP contribution in [0.25, 0.3) is 5.69 Å². The normalized spacial score (nSPS) is 10.4. The lowest BCUT2D eigenvalue weighted by Crippen LogP contribution is -2.05. The molecule has 2 aromatic rings. The predicted molar refractivity (Wildman–Crippen MR) is 77.4 cm³/mol. The van der Waals surface area contributed by atoms with E-state index in [-0.39, 0.29) is 0 Å². The van der Waals surface area contributed by atoms with Crippen molar-refractivity contribution in [2.45, 2.75) is 6.92 Å². The van der Waals surface area contributed by atoms with Gasteiger partial charge in [0.15, 0.2) is 5.69 Å². The monoisotopic (exact) mass is 376 g/mol. The fourth-order valence-corrected chi connectivity index (χ4v) is 2.23. The van der Waals surface area contributed by atoms with Gasteiger partial charge >= 0.3 is 5.97 Å². The molecule has 0 saturated carbocycles. The molecule has 0 aliphatic carbocycles. The number of aromatic nitrogens is 2. The lowest BCUT2D eigenvalue weighted by atomic mass is 10.3. The number of hydrogen-bond donors (Lipinski definition) is 0. The molecule has 94 valence electrons. The molecule has 2 rings (SSSR count). The Morgan fingerprint density at radius 3 is 2.56 bits per heavy atom. The Balaban J connectivity index is 2.52. The van der Waals surface area contributed by atoms with Gasteiger partial charge in [0.05, 0.1) is 22.1 Å². The SMILES string of the molecule is COC(=O)c1nn(-c2ccc(Cl)cc2)c(C)c1I. The number of esters is 1. The van der Waals surface area contributed by atoms with Crippen molar-refractivity contribution in [3.05, 3.63) is 44.2 Å². The summed E-state index contributed by atoms with van der Waals surface area (Å²) in [4.78, 5) is 11.6. The van der Waals surface area contributed by atoms with E-state index in [0.717, 1.165) is 15.0 Å². The lowest BCUT2D eigenvalue weighted by molar-refractivity contribution is 0.0592. The first-order valence-corrected chi connectivity index (χ1v) is 6.59. The van der Waals surface area contributed by atoms with Gasteiger partial charge in [0.2, 0.25) is 0 Å². The Kier molecular flexibility index (Phi) is 3.91. The molecular weight excluding hydrogens is 367 g/mol. The van der Waals surface area contributed by atoms with Gasteiger partial charge in [0.25, 0.3) is 0 Å². The van der Waals surface area contributed by atoms with Crippen LogP contribution in [0, 0.1) is 10.5 Å². The highest BCUT2D eigenvalue weighted by Gasteiger charge is 2.19. The molecule has 0 unspecified atom stereocenters. The van der Waals surface area contributed by atoms with Gasteiger partial charge in [-0.3, -0.25) is 0 Å². The minimum absolute atomic E-state index is 0.325. The zero-order chi connectivity index (χ0) is 13.3. The molecule has 18 heavy (non-hydrogen) atoms. The Morgan fingerprint density at radius 2 is 2.00 bits per heavy atom. The van der Waals surface area contributed by atoms with E-state index < -0.39 is 5.97 Å². The molecule has 0 aliphatic rings. The number of rotatable bonds is 2. The van der Waals surface area contributed by atoms with Gasteiger partial charge in [-0.1, -0.05) is 11.6 Å². The van der Waals surface area contributed by atoms with E-state index in [9.17, 15) is 4.79 Å². The number of carbonyl (C=O) groups excluding carboxylic acids is 1. The summed E-state index contributed by atoms with van der Waals surface area (Å²) in [5.74, 6) is -0.435. The zero-order valence-electron chi connectivity index (χ0n) is 9.78. The maximum absolute atomic E-state index is 11.6. The van der Waals surface area contributed by atoms with Crippen LogP contribution in [-0.4, -0.2) is 22.9 Å². The fraction of sp³-hybridized carbons (Fsp3) is 0.167. The highest BCUT2D eigenvalue weighted by Crippen LogP contribution is 2.21. The third-order valence-electron chi connectivity index (χ3n) is 2.49. The largest absolute Gasteiger partial charge is 0.464 e. The van der Waals surface area contributed by atoms with Crippen molar-refractivity contribution >= 4 is 40.2 Å². The van der Waals surface area contributed by atoms with E-state index in [1.54, 1.807) is 16.8 Å². The van der Waals surface area contributed by atoms with Crippen molar-refractivity contribution in [1.29, 1.82) is 0 Å². The number of halogens is 2. The smallest absolute Gasteiger partial charge is 0.359 e. The van der Waals surface area contributed by atoms with Crippen LogP contribution in [0.15, 0.2) is 24.3 Å². The average Bonchev–Trinajstić information content (AvgIpc) is 2.67. The molecule has 0 spiro atoms. The van der Waals surface area contributed by atoms with Gasteiger partial charge in [0.1, 0.15) is 0 Å². The van der Waals surface area contributed by atoms with Crippen LogP contribution in [-0.2, 0) is 4.74 Å². The molecule has 0 bridgehead atoms. The van der Waals surface area contributed by atoms with Gasteiger partial charge in [-0.05, 0) is 53.8 Å². The van der Waals surface area contributed by atoms with E-state index in [1.165, 1.54) is 7.11 Å². The molecule has 0 radical (unpaired) electrons. The number of ether oxygens (including phenoxy) is 1. The fourth-order valence-electron chi connectivity index (χ4n) is 1.54. The van der Waals surface area contributed by atoms with E-state index in [4.69, 9.17) is 16.3 Å². The predicted octanol–water partition coefficient (Wildman–Crippen LogP) is 3.23. The van der Waals surface area contributed by atoms with E-state index in [0.29, 0.717) is 10.7 Å². The number of hydrogen-bond acceptors (Lipinski definition) is 3. The second kappa shape index (κ2) is 5.27. The molecule has 0 N–H and O–H groups in total. The van der Waals surface area contributed by atoms with Crippen LogP contribution < -0.4 is 0 Å². The van der Waals surface area contributed by atoms with Gasteiger partial charge < -0.3 is 4.74 Å². The number of nitrogens with zero attached hydrogens (tertiary/aromatic N) is 2. The second-order valence-corrected chi connectivity index (χ2v) is 5.14. The van der Waals surface area contributed by atoms with Crippen molar-refractivity contribution < 1.29 is 9.53 Å². The van der Waals surface area contributed by atoms with Crippen molar-refractivity contribution in [1.82, 2.24) is 9.78 Å². The van der Waals surface area contributed by atoms with E-state index in [2.05, 4.69) is 27.7 Å². The third kappa shape index (κ3) is 2.37. The number of carbonyl (C=O) groups is 1. The molecule has 0 aliphatic heterocycles. The van der Waals surface area contributed by atoms with Crippen LogP contribution in [0.4, 0.5) is 0 Å². The van der Waals surface area contributed by atoms with Crippen LogP contribution in [0.1, 0.15) is 16.2 Å². The zero-order valence-corrected chi connectivity index (χ0v) is 12.7. The highest BCUT2D eigenvalue weighted by molar-refractivity contribution is 14.1. The summed E-state index contributed by atoms with van der Waals surface area (Å²) in [6, 6.07) is 7.25. The lowest BCUT2D eigenvalue weighted by Gasteiger charge is -2.03. The molecule has 0 atom stereocenters. The second-order valence-electron chi connectivity index (χ2n) is 3.63. The summed E-state index contributed by atoms with van der Waals surface area (Å²) < 4.78 is 7.18. The van der Waals surface area contributed by atoms with Crippen LogP contribution in [0.5, 0.6) is 0 Å². The molecule has 0 fully saturated rings. The summed E-state index contributed by atoms with van der Waals surface area (Å²) in [5, 5.41) is 4.93. The topological polar surface area (TPSA) is 44.1 Å². The quantitative estimate of drug-likeness (QED) is 0.597. The van der Waals surface area contributed by atoms with Crippen LogP contribution in [0.2, 0.25) is 5.02 Å². The third-order valence-corrected chi connectivity index (χ3v) is 4.04. The Morgan fingerprint density at radius 1 is 1.39 bits per heavy atom. The van der Waals surface area contributed by atoms with Crippen molar-refractivity contribution in [3.63, 3.8) is 0 Å². The molecular formula is C12H10ClIN2O2. The molecule has 0 amide bonds. The summed E-state index contributed by atoms with van der Waals surface area (Å²) in [6.45, 7) is 1.90. The van der Waals surface area contributed by atoms with E-state index in [1.807, 2.05) is 19.1 Å². The highest BCUT2D eigenvalue weighted by atomic mass is 127. The Bertz CT molecular complexity index is 593. The Hall–Kier alpha value is -1.08. The summed E-state index contributed by atoms with van der Waals surface area (Å²) in [6.07, 6.45) is 0. The standard InChI is InChI=1S/C12H10ClIN2O2/c1-7-10(14)11(12(17)18-2)15-16(7)9-5-3-8(13)4-6-9/h3-6H,1-2H3. The maximum atomic E-state index is 11.6. The first kappa shape index (κ1) is 13.4. The van der Waals surface area contributed by atoms with Crippen molar-refractivity contribution in [3.8, 4) is 5.69 Å². The molecule has 4 nitrogen and oxygen atoms in total. The molecule has 0 saturated heterocycles. The van der Waals surface area contributed by atoms with Crippen molar-refractivity contribution in [2.75, 3.05) is 7.11 Å². The average molecular weight is 377 g/mol. The van der Waals surface area contributed by atoms with Gasteiger partial charge in [0, 0.05) is 5.02 Å². The Labute approximate surface area is 123 Å².